The third-order valence-electron chi connectivity index (χ3n) is 4.88. The van der Waals surface area contributed by atoms with Gasteiger partial charge in [0.2, 0.25) is 0 Å². The third kappa shape index (κ3) is 4.31. The van der Waals surface area contributed by atoms with Gasteiger partial charge in [-0.3, -0.25) is 4.79 Å². The number of halogens is 1. The van der Waals surface area contributed by atoms with Gasteiger partial charge >= 0.3 is 12.2 Å². The molecule has 0 fully saturated rings. The number of aliphatic hydroxyl groups is 1. The van der Waals surface area contributed by atoms with Crippen LogP contribution in [0.15, 0.2) is 48.5 Å². The first-order chi connectivity index (χ1) is 13.7. The molecule has 2 aromatic rings. The lowest BCUT2D eigenvalue weighted by molar-refractivity contribution is -0.213. The summed E-state index contributed by atoms with van der Waals surface area (Å²) in [5, 5.41) is 10.2. The minimum atomic E-state index is -1.80. The fourth-order valence-corrected chi connectivity index (χ4v) is 3.60. The van der Waals surface area contributed by atoms with Crippen LogP contribution in [0.1, 0.15) is 37.8 Å². The monoisotopic (exact) mass is 401 g/mol. The van der Waals surface area contributed by atoms with Crippen molar-refractivity contribution in [1.82, 2.24) is 5.06 Å². The first-order valence-corrected chi connectivity index (χ1v) is 9.36. The largest absolute Gasteiger partial charge is 0.527 e. The molecule has 1 atom stereocenters. The van der Waals surface area contributed by atoms with Gasteiger partial charge in [-0.2, -0.15) is 4.39 Å². The van der Waals surface area contributed by atoms with Crippen LogP contribution in [0.25, 0.3) is 11.1 Å². The van der Waals surface area contributed by atoms with Gasteiger partial charge in [-0.05, 0) is 43.0 Å². The van der Waals surface area contributed by atoms with Crippen molar-refractivity contribution in [2.24, 2.45) is 0 Å². The second-order valence-corrected chi connectivity index (χ2v) is 7.88. The third-order valence-corrected chi connectivity index (χ3v) is 4.88. The van der Waals surface area contributed by atoms with Crippen LogP contribution in [0.5, 0.6) is 0 Å². The van der Waals surface area contributed by atoms with E-state index in [1.54, 1.807) is 20.8 Å². The van der Waals surface area contributed by atoms with Crippen LogP contribution in [0.3, 0.4) is 0 Å². The van der Waals surface area contributed by atoms with E-state index in [1.807, 2.05) is 48.5 Å². The van der Waals surface area contributed by atoms with Crippen LogP contribution in [0, 0.1) is 0 Å². The predicted molar refractivity (Wildman–Crippen MR) is 105 cm³/mol. The van der Waals surface area contributed by atoms with Crippen molar-refractivity contribution in [1.29, 1.82) is 0 Å². The fraction of sp³-hybridized carbons (Fsp3) is 0.364. The molecule has 7 heteroatoms. The Balaban J connectivity index is 1.74. The molecular formula is C22H24FNO5. The molecule has 0 aliphatic heterocycles. The molecule has 0 heterocycles. The van der Waals surface area contributed by atoms with Crippen LogP contribution in [0.2, 0.25) is 0 Å². The Morgan fingerprint density at radius 2 is 1.59 bits per heavy atom. The Morgan fingerprint density at radius 3 is 2.03 bits per heavy atom. The summed E-state index contributed by atoms with van der Waals surface area (Å²) in [6.07, 6.45) is -1.07. The van der Waals surface area contributed by atoms with Crippen molar-refractivity contribution in [3.63, 3.8) is 0 Å². The summed E-state index contributed by atoms with van der Waals surface area (Å²) >= 11 is 0. The Bertz CT molecular complexity index is 863. The van der Waals surface area contributed by atoms with E-state index in [4.69, 9.17) is 9.57 Å². The summed E-state index contributed by atoms with van der Waals surface area (Å²) in [6, 6.07) is 12.4. The summed E-state index contributed by atoms with van der Waals surface area (Å²) in [7, 11) is 0. The van der Waals surface area contributed by atoms with Gasteiger partial charge in [0.25, 0.3) is 0 Å². The van der Waals surface area contributed by atoms with Crippen molar-refractivity contribution in [2.45, 2.75) is 38.3 Å². The normalized spacial score (nSPS) is 14.3. The van der Waals surface area contributed by atoms with E-state index in [2.05, 4.69) is 0 Å². The molecule has 0 radical (unpaired) electrons. The highest BCUT2D eigenvalue weighted by Crippen LogP contribution is 2.44. The molecular weight excluding hydrogens is 377 g/mol. The highest BCUT2D eigenvalue weighted by atomic mass is 19.1. The van der Waals surface area contributed by atoms with Gasteiger partial charge in [0.05, 0.1) is 6.61 Å². The van der Waals surface area contributed by atoms with E-state index in [0.29, 0.717) is 0 Å². The molecule has 0 aromatic heterocycles. The minimum absolute atomic E-state index is 0.0260. The molecule has 0 amide bonds. The SMILES string of the molecule is CC(C)(C)N(OC(=O)OCC1c2ccccc2-c2ccccc21)[C@H](CO)C(=O)F. The Kier molecular flexibility index (Phi) is 6.00. The van der Waals surface area contributed by atoms with Crippen LogP contribution in [-0.2, 0) is 14.4 Å². The van der Waals surface area contributed by atoms with Crippen LogP contribution < -0.4 is 0 Å². The van der Waals surface area contributed by atoms with Crippen molar-refractivity contribution >= 4 is 12.2 Å². The highest BCUT2D eigenvalue weighted by molar-refractivity contribution is 5.79. The minimum Gasteiger partial charge on any atom is -0.432 e. The molecule has 1 aliphatic carbocycles. The number of benzene rings is 2. The van der Waals surface area contributed by atoms with Gasteiger partial charge in [0.15, 0.2) is 6.04 Å². The van der Waals surface area contributed by atoms with Crippen molar-refractivity contribution < 1.29 is 28.7 Å². The molecule has 154 valence electrons. The quantitative estimate of drug-likeness (QED) is 0.451. The first-order valence-electron chi connectivity index (χ1n) is 9.36. The summed E-state index contributed by atoms with van der Waals surface area (Å²) < 4.78 is 18.6. The Hall–Kier alpha value is -2.77. The standard InChI is InChI=1S/C22H24FNO5/c1-22(2,3)24(19(12-25)20(23)26)29-21(27)28-13-18-16-10-6-4-8-14(16)15-9-5-7-11-17(15)18/h4-11,18-19,25H,12-13H2,1-3H3/t19-/m1/s1. The molecule has 1 N–H and O–H groups in total. The second kappa shape index (κ2) is 8.31. The van der Waals surface area contributed by atoms with E-state index in [1.165, 1.54) is 0 Å². The number of hydrogen-bond acceptors (Lipinski definition) is 6. The molecule has 0 saturated heterocycles. The number of nitrogens with zero attached hydrogens (tertiary/aromatic N) is 1. The van der Waals surface area contributed by atoms with E-state index >= 15 is 0 Å². The van der Waals surface area contributed by atoms with E-state index < -0.39 is 30.4 Å². The van der Waals surface area contributed by atoms with E-state index in [-0.39, 0.29) is 12.5 Å². The zero-order chi connectivity index (χ0) is 21.2. The van der Waals surface area contributed by atoms with E-state index in [9.17, 15) is 19.1 Å². The van der Waals surface area contributed by atoms with Gasteiger partial charge in [-0.1, -0.05) is 48.5 Å². The lowest BCUT2D eigenvalue weighted by Gasteiger charge is -2.36. The number of aliphatic hydroxyl groups excluding tert-OH is 1. The van der Waals surface area contributed by atoms with Crippen LogP contribution in [-0.4, -0.2) is 47.2 Å². The number of fused-ring (bicyclic) bond motifs is 3. The van der Waals surface area contributed by atoms with Gasteiger partial charge in [-0.15, -0.1) is 5.06 Å². The number of hydroxylamine groups is 2. The van der Waals surface area contributed by atoms with Crippen LogP contribution in [0.4, 0.5) is 9.18 Å². The maximum Gasteiger partial charge on any atom is 0.527 e. The molecule has 0 spiro atoms. The second-order valence-electron chi connectivity index (χ2n) is 7.88. The maximum atomic E-state index is 13.3. The number of hydrogen-bond donors (Lipinski definition) is 1. The Labute approximate surface area is 168 Å². The smallest absolute Gasteiger partial charge is 0.432 e. The predicted octanol–water partition coefficient (Wildman–Crippen LogP) is 3.82. The topological polar surface area (TPSA) is 76.1 Å². The average Bonchev–Trinajstić information content (AvgIpc) is 2.99. The number of carbonyl (C=O) groups excluding carboxylic acids is 2. The van der Waals surface area contributed by atoms with Crippen LogP contribution >= 0.6 is 0 Å². The zero-order valence-electron chi connectivity index (χ0n) is 16.6. The molecule has 29 heavy (non-hydrogen) atoms. The summed E-state index contributed by atoms with van der Waals surface area (Å²) in [5.74, 6) is -0.158. The number of ether oxygens (including phenoxy) is 1. The van der Waals surface area contributed by atoms with Crippen molar-refractivity contribution in [3.8, 4) is 11.1 Å². The average molecular weight is 401 g/mol. The number of rotatable bonds is 6. The van der Waals surface area contributed by atoms with Gasteiger partial charge < -0.3 is 14.7 Å². The molecule has 3 rings (SSSR count). The first kappa shape index (κ1) is 21.0. The molecule has 6 nitrogen and oxygen atoms in total. The molecule has 0 unspecified atom stereocenters. The van der Waals surface area contributed by atoms with E-state index in [0.717, 1.165) is 27.3 Å². The molecule has 0 saturated carbocycles. The van der Waals surface area contributed by atoms with Gasteiger partial charge in [0.1, 0.15) is 6.61 Å². The fourth-order valence-electron chi connectivity index (χ4n) is 3.60. The highest BCUT2D eigenvalue weighted by Gasteiger charge is 2.38. The molecule has 1 aliphatic rings. The lowest BCUT2D eigenvalue weighted by Crippen LogP contribution is -2.53. The lowest BCUT2D eigenvalue weighted by atomic mass is 9.98. The number of carbonyl (C=O) groups is 2. The maximum absolute atomic E-state index is 13.3. The Morgan fingerprint density at radius 1 is 1.07 bits per heavy atom. The summed E-state index contributed by atoms with van der Waals surface area (Å²) in [6.45, 7) is 4.06. The van der Waals surface area contributed by atoms with Gasteiger partial charge in [0, 0.05) is 11.5 Å². The zero-order valence-corrected chi connectivity index (χ0v) is 16.6. The van der Waals surface area contributed by atoms with Crippen molar-refractivity contribution in [2.75, 3.05) is 13.2 Å². The summed E-state index contributed by atoms with van der Waals surface area (Å²) in [5.41, 5.74) is 3.33. The van der Waals surface area contributed by atoms with Crippen molar-refractivity contribution in [3.05, 3.63) is 59.7 Å². The summed E-state index contributed by atoms with van der Waals surface area (Å²) in [4.78, 5) is 28.6. The molecule has 0 bridgehead atoms. The molecule has 2 aromatic carbocycles. The van der Waals surface area contributed by atoms with Gasteiger partial charge in [-0.25, -0.2) is 4.79 Å².